The fourth-order valence-corrected chi connectivity index (χ4v) is 2.18. The summed E-state index contributed by atoms with van der Waals surface area (Å²) in [7, 11) is 0. The van der Waals surface area contributed by atoms with Crippen LogP contribution in [0.1, 0.15) is 37.5 Å². The molecule has 0 unspecified atom stereocenters. The van der Waals surface area contributed by atoms with E-state index < -0.39 is 0 Å². The SMILES string of the molecule is CC(C)(C)c1ccc(Cc2ccc(Cl)c(N)c2)cc1. The van der Waals surface area contributed by atoms with E-state index >= 15 is 0 Å². The van der Waals surface area contributed by atoms with Crippen LogP contribution in [-0.4, -0.2) is 0 Å². The van der Waals surface area contributed by atoms with Gasteiger partial charge in [-0.25, -0.2) is 0 Å². The normalized spacial score (nSPS) is 11.6. The van der Waals surface area contributed by atoms with E-state index in [0.717, 1.165) is 6.42 Å². The lowest BCUT2D eigenvalue weighted by Crippen LogP contribution is -2.10. The molecule has 0 aliphatic carbocycles. The molecule has 2 rings (SSSR count). The lowest BCUT2D eigenvalue weighted by Gasteiger charge is -2.19. The summed E-state index contributed by atoms with van der Waals surface area (Å²) in [5, 5.41) is 0.617. The van der Waals surface area contributed by atoms with Crippen molar-refractivity contribution in [1.29, 1.82) is 0 Å². The van der Waals surface area contributed by atoms with Gasteiger partial charge < -0.3 is 5.73 Å². The Morgan fingerprint density at radius 1 is 0.947 bits per heavy atom. The van der Waals surface area contributed by atoms with E-state index in [1.54, 1.807) is 0 Å². The molecule has 0 aliphatic rings. The molecule has 0 aromatic heterocycles. The van der Waals surface area contributed by atoms with Gasteiger partial charge in [-0.05, 0) is 40.7 Å². The fourth-order valence-electron chi connectivity index (χ4n) is 2.06. The largest absolute Gasteiger partial charge is 0.398 e. The number of benzene rings is 2. The maximum atomic E-state index is 5.93. The van der Waals surface area contributed by atoms with Crippen LogP contribution in [0.15, 0.2) is 42.5 Å². The van der Waals surface area contributed by atoms with E-state index in [-0.39, 0.29) is 5.41 Å². The molecule has 0 bridgehead atoms. The van der Waals surface area contributed by atoms with Crippen molar-refractivity contribution in [3.8, 4) is 0 Å². The second-order valence-electron chi connectivity index (χ2n) is 5.98. The third-order valence-corrected chi connectivity index (χ3v) is 3.63. The molecule has 2 aromatic carbocycles. The molecule has 0 saturated carbocycles. The number of anilines is 1. The standard InChI is InChI=1S/C17H20ClN/c1-17(2,3)14-7-4-12(5-8-14)10-13-6-9-15(18)16(19)11-13/h4-9,11H,10,19H2,1-3H3. The summed E-state index contributed by atoms with van der Waals surface area (Å²) in [6.07, 6.45) is 0.881. The van der Waals surface area contributed by atoms with E-state index in [0.29, 0.717) is 10.7 Å². The van der Waals surface area contributed by atoms with Crippen molar-refractivity contribution in [2.75, 3.05) is 5.73 Å². The Morgan fingerprint density at radius 3 is 2.05 bits per heavy atom. The molecule has 0 fully saturated rings. The average Bonchev–Trinajstić information content (AvgIpc) is 2.33. The molecule has 1 nitrogen and oxygen atoms in total. The molecule has 0 radical (unpaired) electrons. The Kier molecular flexibility index (Phi) is 3.86. The highest BCUT2D eigenvalue weighted by atomic mass is 35.5. The summed E-state index contributed by atoms with van der Waals surface area (Å²) in [6, 6.07) is 14.6. The average molecular weight is 274 g/mol. The predicted octanol–water partition coefficient (Wildman–Crippen LogP) is 4.81. The molecule has 0 saturated heterocycles. The van der Waals surface area contributed by atoms with E-state index in [1.807, 2.05) is 18.2 Å². The zero-order valence-electron chi connectivity index (χ0n) is 11.7. The Balaban J connectivity index is 2.17. The zero-order valence-corrected chi connectivity index (χ0v) is 12.5. The van der Waals surface area contributed by atoms with Gasteiger partial charge in [-0.1, -0.05) is 62.7 Å². The summed E-state index contributed by atoms with van der Waals surface area (Å²) >= 11 is 5.93. The minimum atomic E-state index is 0.198. The van der Waals surface area contributed by atoms with Crippen molar-refractivity contribution in [2.45, 2.75) is 32.6 Å². The van der Waals surface area contributed by atoms with Gasteiger partial charge in [0, 0.05) is 0 Å². The number of halogens is 1. The molecule has 0 spiro atoms. The first-order valence-corrected chi connectivity index (χ1v) is 6.87. The van der Waals surface area contributed by atoms with Crippen LogP contribution in [0.4, 0.5) is 5.69 Å². The molecule has 2 N–H and O–H groups in total. The summed E-state index contributed by atoms with van der Waals surface area (Å²) in [5.41, 5.74) is 10.5. The molecule has 2 aromatic rings. The third kappa shape index (κ3) is 3.51. The van der Waals surface area contributed by atoms with Gasteiger partial charge in [-0.3, -0.25) is 0 Å². The first-order chi connectivity index (χ1) is 8.86. The van der Waals surface area contributed by atoms with Gasteiger partial charge in [0.25, 0.3) is 0 Å². The number of rotatable bonds is 2. The smallest absolute Gasteiger partial charge is 0.0635 e. The van der Waals surface area contributed by atoms with Crippen LogP contribution in [0.2, 0.25) is 5.02 Å². The summed E-state index contributed by atoms with van der Waals surface area (Å²) in [4.78, 5) is 0. The number of hydrogen-bond donors (Lipinski definition) is 1. The number of nitrogen functional groups attached to an aromatic ring is 1. The highest BCUT2D eigenvalue weighted by Crippen LogP contribution is 2.24. The summed E-state index contributed by atoms with van der Waals surface area (Å²) < 4.78 is 0. The monoisotopic (exact) mass is 273 g/mol. The first-order valence-electron chi connectivity index (χ1n) is 6.49. The molecule has 0 aliphatic heterocycles. The van der Waals surface area contributed by atoms with Crippen molar-refractivity contribution in [1.82, 2.24) is 0 Å². The molecule has 0 atom stereocenters. The van der Waals surface area contributed by atoms with Gasteiger partial charge in [0.15, 0.2) is 0 Å². The van der Waals surface area contributed by atoms with Crippen LogP contribution < -0.4 is 5.73 Å². The van der Waals surface area contributed by atoms with Gasteiger partial charge in [0.2, 0.25) is 0 Å². The van der Waals surface area contributed by atoms with Gasteiger partial charge in [0.05, 0.1) is 10.7 Å². The second-order valence-corrected chi connectivity index (χ2v) is 6.39. The minimum Gasteiger partial charge on any atom is -0.398 e. The predicted molar refractivity (Wildman–Crippen MR) is 83.8 cm³/mol. The number of nitrogens with two attached hydrogens (primary N) is 1. The van der Waals surface area contributed by atoms with Crippen molar-refractivity contribution in [3.63, 3.8) is 0 Å². The molecule has 19 heavy (non-hydrogen) atoms. The zero-order chi connectivity index (χ0) is 14.0. The third-order valence-electron chi connectivity index (χ3n) is 3.29. The van der Waals surface area contributed by atoms with Crippen LogP contribution in [0.3, 0.4) is 0 Å². The maximum absolute atomic E-state index is 5.93. The quantitative estimate of drug-likeness (QED) is 0.781. The van der Waals surface area contributed by atoms with Crippen LogP contribution in [0.25, 0.3) is 0 Å². The Hall–Kier alpha value is -1.47. The summed E-state index contributed by atoms with van der Waals surface area (Å²) in [5.74, 6) is 0. The molecule has 0 heterocycles. The molecular weight excluding hydrogens is 254 g/mol. The minimum absolute atomic E-state index is 0.198. The summed E-state index contributed by atoms with van der Waals surface area (Å²) in [6.45, 7) is 6.67. The topological polar surface area (TPSA) is 26.0 Å². The second kappa shape index (κ2) is 5.26. The Labute approximate surface area is 120 Å². The molecule has 100 valence electrons. The Bertz CT molecular complexity index is 565. The van der Waals surface area contributed by atoms with E-state index in [1.165, 1.54) is 16.7 Å². The Morgan fingerprint density at radius 2 is 1.53 bits per heavy atom. The van der Waals surface area contributed by atoms with Crippen molar-refractivity contribution in [2.24, 2.45) is 0 Å². The van der Waals surface area contributed by atoms with E-state index in [4.69, 9.17) is 17.3 Å². The lowest BCUT2D eigenvalue weighted by atomic mass is 9.86. The fraction of sp³-hybridized carbons (Fsp3) is 0.294. The van der Waals surface area contributed by atoms with Crippen LogP contribution in [0.5, 0.6) is 0 Å². The van der Waals surface area contributed by atoms with E-state index in [2.05, 4.69) is 45.0 Å². The molecule has 0 amide bonds. The van der Waals surface area contributed by atoms with Crippen molar-refractivity contribution >= 4 is 17.3 Å². The van der Waals surface area contributed by atoms with Crippen LogP contribution >= 0.6 is 11.6 Å². The van der Waals surface area contributed by atoms with Crippen molar-refractivity contribution < 1.29 is 0 Å². The van der Waals surface area contributed by atoms with Gasteiger partial charge >= 0.3 is 0 Å². The van der Waals surface area contributed by atoms with Crippen LogP contribution in [0, 0.1) is 0 Å². The number of hydrogen-bond acceptors (Lipinski definition) is 1. The highest BCUT2D eigenvalue weighted by Gasteiger charge is 2.12. The van der Waals surface area contributed by atoms with Gasteiger partial charge in [0.1, 0.15) is 0 Å². The van der Waals surface area contributed by atoms with Crippen LogP contribution in [-0.2, 0) is 11.8 Å². The van der Waals surface area contributed by atoms with E-state index in [9.17, 15) is 0 Å². The van der Waals surface area contributed by atoms with Crippen molar-refractivity contribution in [3.05, 3.63) is 64.2 Å². The molecule has 2 heteroatoms. The van der Waals surface area contributed by atoms with Gasteiger partial charge in [-0.2, -0.15) is 0 Å². The molecular formula is C17H20ClN. The highest BCUT2D eigenvalue weighted by molar-refractivity contribution is 6.33. The maximum Gasteiger partial charge on any atom is 0.0635 e. The lowest BCUT2D eigenvalue weighted by molar-refractivity contribution is 0.590. The first kappa shape index (κ1) is 14.0. The van der Waals surface area contributed by atoms with Gasteiger partial charge in [-0.15, -0.1) is 0 Å².